The smallest absolute Gasteiger partial charge is 0.255 e. The van der Waals surface area contributed by atoms with E-state index in [9.17, 15) is 4.79 Å². The number of para-hydroxylation sites is 1. The van der Waals surface area contributed by atoms with Gasteiger partial charge in [0.05, 0.1) is 44.0 Å². The van der Waals surface area contributed by atoms with Crippen molar-refractivity contribution < 1.29 is 4.79 Å². The molecule has 0 saturated heterocycles. The highest BCUT2D eigenvalue weighted by Crippen LogP contribution is 2.34. The Morgan fingerprint density at radius 1 is 0.900 bits per heavy atom. The maximum atomic E-state index is 12.8. The van der Waals surface area contributed by atoms with Crippen molar-refractivity contribution in [2.75, 3.05) is 5.32 Å². The number of halogens is 2. The molecule has 0 saturated carbocycles. The third-order valence-corrected chi connectivity index (χ3v) is 5.42. The van der Waals surface area contributed by atoms with Gasteiger partial charge < -0.3 is 10.3 Å². The molecule has 5 aromatic rings. The molecule has 5 nitrogen and oxygen atoms in total. The lowest BCUT2D eigenvalue weighted by atomic mass is 10.1. The van der Waals surface area contributed by atoms with E-state index in [0.29, 0.717) is 43.7 Å². The number of benzene rings is 3. The Morgan fingerprint density at radius 3 is 2.53 bits per heavy atom. The lowest BCUT2D eigenvalue weighted by Gasteiger charge is -2.06. The van der Waals surface area contributed by atoms with Crippen LogP contribution in [0.25, 0.3) is 33.3 Å². The maximum Gasteiger partial charge on any atom is 0.255 e. The largest absolute Gasteiger partial charge is 0.338 e. The van der Waals surface area contributed by atoms with Crippen molar-refractivity contribution in [3.8, 4) is 11.4 Å². The van der Waals surface area contributed by atoms with Crippen molar-refractivity contribution in [2.24, 2.45) is 0 Å². The summed E-state index contributed by atoms with van der Waals surface area (Å²) < 4.78 is 0. The second kappa shape index (κ2) is 7.44. The SMILES string of the molecule is O=C(Nc1cnc2ccccc2c1)c1ccc2nc(-c3c(Cl)cccc3Cl)[nH]c2c1. The van der Waals surface area contributed by atoms with E-state index < -0.39 is 0 Å². The van der Waals surface area contributed by atoms with E-state index in [0.717, 1.165) is 10.9 Å². The number of imidazole rings is 1. The normalized spacial score (nSPS) is 11.1. The van der Waals surface area contributed by atoms with Gasteiger partial charge in [-0.25, -0.2) is 4.98 Å². The number of H-pyrrole nitrogens is 1. The Labute approximate surface area is 181 Å². The number of anilines is 1. The van der Waals surface area contributed by atoms with Crippen molar-refractivity contribution in [3.63, 3.8) is 0 Å². The number of pyridine rings is 1. The van der Waals surface area contributed by atoms with Gasteiger partial charge in [-0.2, -0.15) is 0 Å². The van der Waals surface area contributed by atoms with E-state index in [1.54, 1.807) is 42.6 Å². The zero-order valence-electron chi connectivity index (χ0n) is 15.5. The lowest BCUT2D eigenvalue weighted by Crippen LogP contribution is -2.11. The second-order valence-electron chi connectivity index (χ2n) is 6.78. The van der Waals surface area contributed by atoms with Gasteiger partial charge in [-0.15, -0.1) is 0 Å². The van der Waals surface area contributed by atoms with Gasteiger partial charge in [-0.3, -0.25) is 9.78 Å². The van der Waals surface area contributed by atoms with Crippen molar-refractivity contribution in [1.82, 2.24) is 15.0 Å². The van der Waals surface area contributed by atoms with Crippen molar-refractivity contribution in [1.29, 1.82) is 0 Å². The van der Waals surface area contributed by atoms with Crippen LogP contribution < -0.4 is 5.32 Å². The molecule has 0 bridgehead atoms. The standard InChI is InChI=1S/C23H14Cl2N4O/c24-16-5-3-6-17(25)21(16)22-28-19-9-8-14(11-20(19)29-22)23(30)27-15-10-13-4-1-2-7-18(13)26-12-15/h1-12H,(H,27,30)(H,28,29). The molecule has 30 heavy (non-hydrogen) atoms. The summed E-state index contributed by atoms with van der Waals surface area (Å²) >= 11 is 12.6. The molecule has 7 heteroatoms. The van der Waals surface area contributed by atoms with Gasteiger partial charge in [-0.1, -0.05) is 47.5 Å². The van der Waals surface area contributed by atoms with Crippen LogP contribution in [0.15, 0.2) is 72.9 Å². The Bertz CT molecular complexity index is 1410. The number of fused-ring (bicyclic) bond motifs is 2. The molecule has 146 valence electrons. The second-order valence-corrected chi connectivity index (χ2v) is 7.60. The predicted molar refractivity (Wildman–Crippen MR) is 121 cm³/mol. The number of amides is 1. The van der Waals surface area contributed by atoms with E-state index >= 15 is 0 Å². The van der Waals surface area contributed by atoms with Crippen LogP contribution in [0.2, 0.25) is 10.0 Å². The molecule has 3 aromatic carbocycles. The van der Waals surface area contributed by atoms with Crippen LogP contribution in [0, 0.1) is 0 Å². The Morgan fingerprint density at radius 2 is 1.70 bits per heavy atom. The minimum absolute atomic E-state index is 0.235. The quantitative estimate of drug-likeness (QED) is 0.349. The van der Waals surface area contributed by atoms with E-state index in [1.165, 1.54) is 0 Å². The molecule has 0 aliphatic carbocycles. The van der Waals surface area contributed by atoms with Crippen LogP contribution in [-0.2, 0) is 0 Å². The van der Waals surface area contributed by atoms with E-state index in [2.05, 4.69) is 20.3 Å². The van der Waals surface area contributed by atoms with Gasteiger partial charge >= 0.3 is 0 Å². The minimum Gasteiger partial charge on any atom is -0.338 e. The maximum absolute atomic E-state index is 12.8. The van der Waals surface area contributed by atoms with Crippen LogP contribution in [-0.4, -0.2) is 20.9 Å². The molecule has 0 spiro atoms. The summed E-state index contributed by atoms with van der Waals surface area (Å²) in [6, 6.07) is 20.2. The summed E-state index contributed by atoms with van der Waals surface area (Å²) in [5.74, 6) is 0.317. The lowest BCUT2D eigenvalue weighted by molar-refractivity contribution is 0.102. The topological polar surface area (TPSA) is 70.7 Å². The summed E-state index contributed by atoms with van der Waals surface area (Å²) in [5.41, 5.74) is 4.06. The summed E-state index contributed by atoms with van der Waals surface area (Å²) in [6.07, 6.45) is 1.65. The summed E-state index contributed by atoms with van der Waals surface area (Å²) in [4.78, 5) is 24.9. The fourth-order valence-electron chi connectivity index (χ4n) is 3.34. The van der Waals surface area contributed by atoms with Crippen molar-refractivity contribution >= 4 is 56.7 Å². The zero-order chi connectivity index (χ0) is 20.7. The molecule has 0 aliphatic rings. The Balaban J connectivity index is 1.46. The fraction of sp³-hybridized carbons (Fsp3) is 0. The van der Waals surface area contributed by atoms with Crippen molar-refractivity contribution in [2.45, 2.75) is 0 Å². The van der Waals surface area contributed by atoms with Gasteiger partial charge in [0.1, 0.15) is 5.82 Å². The Kier molecular flexibility index (Phi) is 4.62. The highest BCUT2D eigenvalue weighted by Gasteiger charge is 2.14. The van der Waals surface area contributed by atoms with E-state index in [1.807, 2.05) is 30.3 Å². The molecule has 0 radical (unpaired) electrons. The number of carbonyl (C=O) groups is 1. The molecular weight excluding hydrogens is 419 g/mol. The number of nitrogens with zero attached hydrogens (tertiary/aromatic N) is 2. The van der Waals surface area contributed by atoms with Gasteiger partial charge in [0.2, 0.25) is 0 Å². The first kappa shape index (κ1) is 18.6. The highest BCUT2D eigenvalue weighted by atomic mass is 35.5. The van der Waals surface area contributed by atoms with Crippen molar-refractivity contribution in [3.05, 3.63) is 88.5 Å². The van der Waals surface area contributed by atoms with Gasteiger partial charge in [0.15, 0.2) is 0 Å². The number of carbonyl (C=O) groups excluding carboxylic acids is 1. The van der Waals surface area contributed by atoms with Crippen LogP contribution in [0.1, 0.15) is 10.4 Å². The number of aromatic nitrogens is 3. The molecule has 1 amide bonds. The van der Waals surface area contributed by atoms with E-state index in [-0.39, 0.29) is 5.91 Å². The molecule has 0 aliphatic heterocycles. The van der Waals surface area contributed by atoms with Crippen LogP contribution in [0.5, 0.6) is 0 Å². The first-order chi connectivity index (χ1) is 14.6. The summed E-state index contributed by atoms with van der Waals surface area (Å²) in [6.45, 7) is 0. The highest BCUT2D eigenvalue weighted by molar-refractivity contribution is 6.39. The Hall–Kier alpha value is -3.41. The average Bonchev–Trinajstić information content (AvgIpc) is 3.16. The van der Waals surface area contributed by atoms with Gasteiger partial charge in [0, 0.05) is 10.9 Å². The third kappa shape index (κ3) is 3.38. The summed E-state index contributed by atoms with van der Waals surface area (Å²) in [7, 11) is 0. The van der Waals surface area contributed by atoms with Crippen LogP contribution >= 0.6 is 23.2 Å². The third-order valence-electron chi connectivity index (χ3n) is 4.79. The molecule has 2 heterocycles. The minimum atomic E-state index is -0.235. The first-order valence-electron chi connectivity index (χ1n) is 9.19. The number of aromatic amines is 1. The molecule has 5 rings (SSSR count). The summed E-state index contributed by atoms with van der Waals surface area (Å²) in [5, 5.41) is 4.86. The monoisotopic (exact) mass is 432 g/mol. The average molecular weight is 433 g/mol. The van der Waals surface area contributed by atoms with E-state index in [4.69, 9.17) is 23.2 Å². The molecular formula is C23H14Cl2N4O. The number of hydrogen-bond donors (Lipinski definition) is 2. The molecule has 0 unspecified atom stereocenters. The number of rotatable bonds is 3. The first-order valence-corrected chi connectivity index (χ1v) is 9.94. The van der Waals surface area contributed by atoms with Crippen LogP contribution in [0.4, 0.5) is 5.69 Å². The molecule has 0 fully saturated rings. The number of nitrogens with one attached hydrogen (secondary N) is 2. The predicted octanol–water partition coefficient (Wildman–Crippen LogP) is 6.34. The van der Waals surface area contributed by atoms with Gasteiger partial charge in [0.25, 0.3) is 5.91 Å². The fourth-order valence-corrected chi connectivity index (χ4v) is 3.91. The van der Waals surface area contributed by atoms with Crippen LogP contribution in [0.3, 0.4) is 0 Å². The number of hydrogen-bond acceptors (Lipinski definition) is 3. The molecule has 2 aromatic heterocycles. The molecule has 2 N–H and O–H groups in total. The zero-order valence-corrected chi connectivity index (χ0v) is 17.0. The van der Waals surface area contributed by atoms with Gasteiger partial charge in [-0.05, 0) is 42.5 Å². The molecule has 0 atom stereocenters.